The number of nitrogens with one attached hydrogen (secondary N) is 1. The number of nitrogens with two attached hydrogens (primary N) is 1. The Morgan fingerprint density at radius 3 is 2.70 bits per heavy atom. The summed E-state index contributed by atoms with van der Waals surface area (Å²) in [5, 5.41) is 0. The number of amides is 2. The number of aromatic nitrogens is 2. The zero-order valence-electron chi connectivity index (χ0n) is 16.3. The minimum atomic E-state index is -0.380. The number of nitrogens with zero attached hydrogens (tertiary/aromatic N) is 4. The third-order valence-corrected chi connectivity index (χ3v) is 6.63. The highest BCUT2D eigenvalue weighted by Gasteiger charge is 2.49. The van der Waals surface area contributed by atoms with E-state index < -0.39 is 0 Å². The number of fused-ring (bicyclic) bond motifs is 2. The number of piperidine rings is 1. The summed E-state index contributed by atoms with van der Waals surface area (Å²) in [6, 6.07) is -0.0440. The molecule has 2 atom stereocenters. The van der Waals surface area contributed by atoms with Gasteiger partial charge >= 0.3 is 0 Å². The smallest absolute Gasteiger partial charge is 0.239 e. The van der Waals surface area contributed by atoms with Crippen molar-refractivity contribution in [2.24, 2.45) is 5.73 Å². The summed E-state index contributed by atoms with van der Waals surface area (Å²) in [4.78, 5) is 39.6. The fourth-order valence-electron chi connectivity index (χ4n) is 5.17. The van der Waals surface area contributed by atoms with Crippen LogP contribution in [0.1, 0.15) is 44.0 Å². The molecule has 27 heavy (non-hydrogen) atoms. The summed E-state index contributed by atoms with van der Waals surface area (Å²) in [7, 11) is 1.97. The maximum absolute atomic E-state index is 13.0. The molecule has 2 saturated heterocycles. The molecule has 4 heterocycles. The first-order valence-corrected chi connectivity index (χ1v) is 10.0. The quantitative estimate of drug-likeness (QED) is 0.762. The number of rotatable bonds is 2. The molecule has 0 bridgehead atoms. The molecule has 2 amide bonds. The van der Waals surface area contributed by atoms with E-state index in [1.165, 1.54) is 0 Å². The Balaban J connectivity index is 1.54. The van der Waals surface area contributed by atoms with Crippen LogP contribution in [0, 0.1) is 0 Å². The van der Waals surface area contributed by atoms with Gasteiger partial charge in [-0.3, -0.25) is 14.5 Å². The number of imidazole rings is 1. The first-order valence-electron chi connectivity index (χ1n) is 10.0. The molecule has 0 aromatic carbocycles. The first kappa shape index (κ1) is 18.4. The highest BCUT2D eigenvalue weighted by Crippen LogP contribution is 2.42. The number of likely N-dealkylation sites (tertiary alicyclic amines) is 2. The van der Waals surface area contributed by atoms with Crippen molar-refractivity contribution in [3.63, 3.8) is 0 Å². The Bertz CT molecular complexity index is 724. The van der Waals surface area contributed by atoms with E-state index in [4.69, 9.17) is 5.73 Å². The molecule has 1 aromatic rings. The third kappa shape index (κ3) is 2.95. The molecular weight excluding hydrogens is 344 g/mol. The maximum Gasteiger partial charge on any atom is 0.239 e. The minimum Gasteiger partial charge on any atom is -0.348 e. The van der Waals surface area contributed by atoms with Crippen molar-refractivity contribution in [3.05, 3.63) is 17.7 Å². The van der Waals surface area contributed by atoms with E-state index in [9.17, 15) is 9.59 Å². The lowest BCUT2D eigenvalue weighted by Crippen LogP contribution is -2.59. The Morgan fingerprint density at radius 2 is 2.07 bits per heavy atom. The summed E-state index contributed by atoms with van der Waals surface area (Å²) in [6.07, 6.45) is 5.25. The van der Waals surface area contributed by atoms with E-state index >= 15 is 0 Å². The number of aromatic amines is 1. The molecule has 3 N–H and O–H groups in total. The van der Waals surface area contributed by atoms with Crippen molar-refractivity contribution >= 4 is 11.8 Å². The van der Waals surface area contributed by atoms with Gasteiger partial charge in [0.2, 0.25) is 11.8 Å². The molecule has 8 nitrogen and oxygen atoms in total. The molecule has 1 aromatic heterocycles. The predicted molar refractivity (Wildman–Crippen MR) is 101 cm³/mol. The lowest BCUT2D eigenvalue weighted by atomic mass is 9.78. The average molecular weight is 374 g/mol. The molecule has 0 aliphatic carbocycles. The van der Waals surface area contributed by atoms with E-state index in [0.717, 1.165) is 50.2 Å². The van der Waals surface area contributed by atoms with Crippen LogP contribution in [0.5, 0.6) is 0 Å². The summed E-state index contributed by atoms with van der Waals surface area (Å²) in [6.45, 7) is 4.70. The van der Waals surface area contributed by atoms with Crippen molar-refractivity contribution in [2.45, 2.75) is 56.7 Å². The summed E-state index contributed by atoms with van der Waals surface area (Å²) < 4.78 is 0. The first-order chi connectivity index (χ1) is 13.0. The number of hydrogen-bond donors (Lipinski definition) is 2. The van der Waals surface area contributed by atoms with Crippen LogP contribution < -0.4 is 5.73 Å². The van der Waals surface area contributed by atoms with Crippen molar-refractivity contribution < 1.29 is 9.59 Å². The van der Waals surface area contributed by atoms with E-state index in [1.54, 1.807) is 6.33 Å². The van der Waals surface area contributed by atoms with Crippen molar-refractivity contribution in [3.8, 4) is 0 Å². The largest absolute Gasteiger partial charge is 0.348 e. The molecule has 148 valence electrons. The molecule has 1 spiro atoms. The van der Waals surface area contributed by atoms with E-state index in [1.807, 2.05) is 23.8 Å². The highest BCUT2D eigenvalue weighted by atomic mass is 16.2. The van der Waals surface area contributed by atoms with Gasteiger partial charge in [-0.25, -0.2) is 4.98 Å². The van der Waals surface area contributed by atoms with Crippen LogP contribution in [-0.2, 0) is 21.5 Å². The molecule has 2 fully saturated rings. The van der Waals surface area contributed by atoms with Gasteiger partial charge in [0.15, 0.2) is 0 Å². The zero-order chi connectivity index (χ0) is 19.2. The fraction of sp³-hybridized carbons (Fsp3) is 0.737. The molecule has 4 rings (SSSR count). The van der Waals surface area contributed by atoms with Crippen molar-refractivity contribution in [1.82, 2.24) is 24.7 Å². The molecule has 0 saturated carbocycles. The second-order valence-electron chi connectivity index (χ2n) is 8.19. The van der Waals surface area contributed by atoms with Crippen molar-refractivity contribution in [2.75, 3.05) is 33.2 Å². The summed E-state index contributed by atoms with van der Waals surface area (Å²) >= 11 is 0. The second-order valence-corrected chi connectivity index (χ2v) is 8.19. The number of H-pyrrole nitrogens is 1. The Morgan fingerprint density at radius 1 is 1.33 bits per heavy atom. The molecule has 0 radical (unpaired) electrons. The lowest BCUT2D eigenvalue weighted by molar-refractivity contribution is -0.145. The van der Waals surface area contributed by atoms with Crippen LogP contribution in [0.3, 0.4) is 0 Å². The van der Waals surface area contributed by atoms with Gasteiger partial charge < -0.3 is 20.5 Å². The number of likely N-dealkylation sites (N-methyl/N-ethyl adjacent to an activating group) is 1. The average Bonchev–Trinajstić information content (AvgIpc) is 3.28. The van der Waals surface area contributed by atoms with Gasteiger partial charge in [-0.05, 0) is 26.3 Å². The van der Waals surface area contributed by atoms with Crippen molar-refractivity contribution in [1.29, 1.82) is 0 Å². The van der Waals surface area contributed by atoms with E-state index in [-0.39, 0.29) is 29.4 Å². The van der Waals surface area contributed by atoms with Crippen LogP contribution in [0.15, 0.2) is 6.33 Å². The molecule has 8 heteroatoms. The van der Waals surface area contributed by atoms with Gasteiger partial charge in [0.05, 0.1) is 23.6 Å². The Labute approximate surface area is 160 Å². The van der Waals surface area contributed by atoms with Gasteiger partial charge in [-0.1, -0.05) is 6.92 Å². The zero-order valence-corrected chi connectivity index (χ0v) is 16.3. The minimum absolute atomic E-state index is 0.0720. The number of carbonyl (C=O) groups excluding carboxylic acids is 2. The van der Waals surface area contributed by atoms with Crippen LogP contribution in [0.25, 0.3) is 0 Å². The van der Waals surface area contributed by atoms with Crippen LogP contribution in [0.4, 0.5) is 0 Å². The number of hydrogen-bond acceptors (Lipinski definition) is 5. The van der Waals surface area contributed by atoms with Crippen LogP contribution in [0.2, 0.25) is 0 Å². The van der Waals surface area contributed by atoms with Gasteiger partial charge in [0.25, 0.3) is 0 Å². The van der Waals surface area contributed by atoms with E-state index in [0.29, 0.717) is 19.5 Å². The monoisotopic (exact) mass is 374 g/mol. The van der Waals surface area contributed by atoms with Crippen LogP contribution >= 0.6 is 0 Å². The van der Waals surface area contributed by atoms with Gasteiger partial charge in [0, 0.05) is 50.8 Å². The van der Waals surface area contributed by atoms with Gasteiger partial charge in [-0.15, -0.1) is 0 Å². The molecular formula is C19H30N6O2. The van der Waals surface area contributed by atoms with E-state index in [2.05, 4.69) is 14.9 Å². The Hall–Kier alpha value is -1.93. The molecule has 3 aliphatic heterocycles. The summed E-state index contributed by atoms with van der Waals surface area (Å²) in [5.41, 5.74) is 7.79. The third-order valence-electron chi connectivity index (χ3n) is 6.63. The topological polar surface area (TPSA) is 98.6 Å². The van der Waals surface area contributed by atoms with Crippen LogP contribution in [-0.4, -0.2) is 81.8 Å². The maximum atomic E-state index is 13.0. The SMILES string of the molecule is CCC(=O)N1CCc2[nH]cnc2C12CCN(C(=O)[C@@H]1C[C@H](N)CN1C)CC2. The lowest BCUT2D eigenvalue weighted by Gasteiger charge is -2.50. The predicted octanol–water partition coefficient (Wildman–Crippen LogP) is 0.0535. The molecule has 0 unspecified atom stereocenters. The summed E-state index contributed by atoms with van der Waals surface area (Å²) in [5.74, 6) is 0.344. The Kier molecular flexibility index (Phi) is 4.71. The standard InChI is InChI=1S/C19H30N6O2/c1-3-16(26)25-7-4-14-17(22-12-21-14)19(25)5-8-24(9-6-19)18(27)15-10-13(20)11-23(15)2/h12-13,15H,3-11,20H2,1-2H3,(H,21,22)/t13-,15-/m0/s1. The highest BCUT2D eigenvalue weighted by molar-refractivity contribution is 5.82. The second kappa shape index (κ2) is 6.91. The normalized spacial score (nSPS) is 27.8. The fourth-order valence-corrected chi connectivity index (χ4v) is 5.17. The van der Waals surface area contributed by atoms with Gasteiger partial charge in [-0.2, -0.15) is 0 Å². The number of carbonyl (C=O) groups is 2. The van der Waals surface area contributed by atoms with Gasteiger partial charge in [0.1, 0.15) is 0 Å². The molecule has 3 aliphatic rings.